The first kappa shape index (κ1) is 20.6. The van der Waals surface area contributed by atoms with Crippen molar-refractivity contribution in [3.05, 3.63) is 42.1 Å². The highest BCUT2D eigenvalue weighted by molar-refractivity contribution is 5.81. The summed E-state index contributed by atoms with van der Waals surface area (Å²) in [6.07, 6.45) is 7.18. The monoisotopic (exact) mass is 422 g/mol. The highest BCUT2D eigenvalue weighted by atomic mass is 16.5. The fourth-order valence-corrected chi connectivity index (χ4v) is 5.19. The van der Waals surface area contributed by atoms with E-state index in [2.05, 4.69) is 51.3 Å². The maximum atomic E-state index is 5.88. The molecule has 3 aliphatic rings. The Balaban J connectivity index is 1.40. The molecular formula is C25H34N4O2. The zero-order chi connectivity index (χ0) is 21.0. The van der Waals surface area contributed by atoms with Gasteiger partial charge in [-0.1, -0.05) is 6.07 Å². The standard InChI is InChI=1S/C25H34N4O2/c1-2-31-22-8-5-19(6-9-22)17-29-18-20-4-3-11-26-25(20)27-23-10-7-21(16-24(23)29)28-12-14-30-15-13-28/h3-4,7,10-11,16,19,22H,2,5-6,8-9,12-15,17-18H2,1H3,(H,26,27)/t19-,22-. The van der Waals surface area contributed by atoms with Gasteiger partial charge < -0.3 is 24.6 Å². The SMILES string of the molecule is CCO[C@H]1CC[C@H](CN2Cc3cccnc3Nc3ccc(N4CCOCC4)cc32)CC1. The largest absolute Gasteiger partial charge is 0.379 e. The molecule has 2 fully saturated rings. The van der Waals surface area contributed by atoms with Gasteiger partial charge in [-0.25, -0.2) is 4.98 Å². The number of pyridine rings is 1. The molecule has 0 radical (unpaired) electrons. The van der Waals surface area contributed by atoms with E-state index in [1.165, 1.54) is 42.6 Å². The molecule has 1 aliphatic carbocycles. The third-order valence-corrected chi connectivity index (χ3v) is 6.88. The van der Waals surface area contributed by atoms with Crippen LogP contribution in [0.4, 0.5) is 22.9 Å². The molecule has 1 N–H and O–H groups in total. The Labute approximate surface area is 185 Å². The third-order valence-electron chi connectivity index (χ3n) is 6.88. The molecule has 6 heteroatoms. The van der Waals surface area contributed by atoms with Crippen LogP contribution in [0, 0.1) is 5.92 Å². The van der Waals surface area contributed by atoms with Crippen LogP contribution < -0.4 is 15.1 Å². The molecule has 0 spiro atoms. The maximum Gasteiger partial charge on any atom is 0.135 e. The van der Waals surface area contributed by atoms with E-state index in [4.69, 9.17) is 9.47 Å². The summed E-state index contributed by atoms with van der Waals surface area (Å²) in [6, 6.07) is 11.1. The van der Waals surface area contributed by atoms with E-state index in [1.54, 1.807) is 0 Å². The second-order valence-corrected chi connectivity index (χ2v) is 8.92. The molecule has 0 amide bonds. The molecule has 1 aromatic heterocycles. The van der Waals surface area contributed by atoms with Crippen molar-refractivity contribution in [3.63, 3.8) is 0 Å². The van der Waals surface area contributed by atoms with Crippen molar-refractivity contribution in [2.24, 2.45) is 5.92 Å². The zero-order valence-corrected chi connectivity index (χ0v) is 18.6. The minimum atomic E-state index is 0.456. The summed E-state index contributed by atoms with van der Waals surface area (Å²) < 4.78 is 11.4. The Morgan fingerprint density at radius 1 is 1.13 bits per heavy atom. The Kier molecular flexibility index (Phi) is 6.27. The highest BCUT2D eigenvalue weighted by Crippen LogP contribution is 2.39. The third kappa shape index (κ3) is 4.65. The molecule has 1 saturated carbocycles. The summed E-state index contributed by atoms with van der Waals surface area (Å²) in [5, 5.41) is 3.61. The molecule has 2 aliphatic heterocycles. The predicted octanol–water partition coefficient (Wildman–Crippen LogP) is 4.58. The van der Waals surface area contributed by atoms with Crippen LogP contribution in [0.5, 0.6) is 0 Å². The molecule has 2 aromatic rings. The lowest BCUT2D eigenvalue weighted by Gasteiger charge is -2.35. The summed E-state index contributed by atoms with van der Waals surface area (Å²) >= 11 is 0. The van der Waals surface area contributed by atoms with Crippen molar-refractivity contribution in [2.75, 3.05) is 54.6 Å². The molecule has 31 heavy (non-hydrogen) atoms. The van der Waals surface area contributed by atoms with Crippen molar-refractivity contribution in [3.8, 4) is 0 Å². The molecule has 166 valence electrons. The minimum absolute atomic E-state index is 0.456. The number of nitrogens with zero attached hydrogens (tertiary/aromatic N) is 3. The fourth-order valence-electron chi connectivity index (χ4n) is 5.19. The van der Waals surface area contributed by atoms with Crippen LogP contribution in [0.2, 0.25) is 0 Å². The first-order chi connectivity index (χ1) is 15.3. The topological polar surface area (TPSA) is 49.9 Å². The van der Waals surface area contributed by atoms with Gasteiger partial charge in [-0.3, -0.25) is 0 Å². The van der Waals surface area contributed by atoms with E-state index in [9.17, 15) is 0 Å². The van der Waals surface area contributed by atoms with Crippen molar-refractivity contribution in [2.45, 2.75) is 45.3 Å². The molecule has 0 bridgehead atoms. The van der Waals surface area contributed by atoms with Gasteiger partial charge in [0.05, 0.1) is 30.7 Å². The first-order valence-electron chi connectivity index (χ1n) is 11.8. The van der Waals surface area contributed by atoms with E-state index in [0.717, 1.165) is 57.5 Å². The lowest BCUT2D eigenvalue weighted by Crippen LogP contribution is -2.36. The van der Waals surface area contributed by atoms with Crippen LogP contribution in [0.3, 0.4) is 0 Å². The molecule has 6 nitrogen and oxygen atoms in total. The Bertz CT molecular complexity index is 876. The summed E-state index contributed by atoms with van der Waals surface area (Å²) in [7, 11) is 0. The molecule has 3 heterocycles. The van der Waals surface area contributed by atoms with Gasteiger partial charge in [0, 0.05) is 50.2 Å². The number of fused-ring (bicyclic) bond motifs is 2. The second kappa shape index (κ2) is 9.45. The summed E-state index contributed by atoms with van der Waals surface area (Å²) in [5.74, 6) is 1.68. The van der Waals surface area contributed by atoms with Crippen molar-refractivity contribution in [1.29, 1.82) is 0 Å². The lowest BCUT2D eigenvalue weighted by molar-refractivity contribution is 0.0264. The number of benzene rings is 1. The molecule has 0 atom stereocenters. The first-order valence-corrected chi connectivity index (χ1v) is 11.8. The quantitative estimate of drug-likeness (QED) is 0.761. The van der Waals surface area contributed by atoms with Gasteiger partial charge in [0.2, 0.25) is 0 Å². The van der Waals surface area contributed by atoms with Gasteiger partial charge in [0.15, 0.2) is 0 Å². The zero-order valence-electron chi connectivity index (χ0n) is 18.6. The van der Waals surface area contributed by atoms with Crippen LogP contribution in [0.15, 0.2) is 36.5 Å². The number of nitrogens with one attached hydrogen (secondary N) is 1. The van der Waals surface area contributed by atoms with E-state index in [0.29, 0.717) is 12.0 Å². The lowest BCUT2D eigenvalue weighted by atomic mass is 9.87. The van der Waals surface area contributed by atoms with Crippen LogP contribution in [-0.4, -0.2) is 50.5 Å². The van der Waals surface area contributed by atoms with Crippen LogP contribution in [0.1, 0.15) is 38.2 Å². The van der Waals surface area contributed by atoms with Crippen LogP contribution in [-0.2, 0) is 16.0 Å². The van der Waals surface area contributed by atoms with Crippen LogP contribution >= 0.6 is 0 Å². The van der Waals surface area contributed by atoms with Gasteiger partial charge in [-0.2, -0.15) is 0 Å². The van der Waals surface area contributed by atoms with Gasteiger partial charge in [-0.05, 0) is 62.8 Å². The summed E-state index contributed by atoms with van der Waals surface area (Å²) in [5.41, 5.74) is 4.98. The average molecular weight is 423 g/mol. The number of anilines is 4. The average Bonchev–Trinajstić information content (AvgIpc) is 2.97. The normalized spacial score (nSPS) is 23.5. The highest BCUT2D eigenvalue weighted by Gasteiger charge is 2.27. The number of rotatable bonds is 5. The number of hydrogen-bond donors (Lipinski definition) is 1. The van der Waals surface area contributed by atoms with Gasteiger partial charge in [-0.15, -0.1) is 0 Å². The Morgan fingerprint density at radius 2 is 1.97 bits per heavy atom. The Hall–Kier alpha value is -2.31. The maximum absolute atomic E-state index is 5.88. The number of hydrogen-bond acceptors (Lipinski definition) is 6. The molecule has 1 saturated heterocycles. The smallest absolute Gasteiger partial charge is 0.135 e. The summed E-state index contributed by atoms with van der Waals surface area (Å²) in [6.45, 7) is 8.41. The molecule has 0 unspecified atom stereocenters. The van der Waals surface area contributed by atoms with Gasteiger partial charge in [0.25, 0.3) is 0 Å². The molecule has 1 aromatic carbocycles. The van der Waals surface area contributed by atoms with E-state index < -0.39 is 0 Å². The molecule has 5 rings (SSSR count). The fraction of sp³-hybridized carbons (Fsp3) is 0.560. The van der Waals surface area contributed by atoms with E-state index in [-0.39, 0.29) is 0 Å². The number of ether oxygens (including phenoxy) is 2. The number of morpholine rings is 1. The second-order valence-electron chi connectivity index (χ2n) is 8.92. The predicted molar refractivity (Wildman–Crippen MR) is 125 cm³/mol. The van der Waals surface area contributed by atoms with Crippen LogP contribution in [0.25, 0.3) is 0 Å². The Morgan fingerprint density at radius 3 is 2.77 bits per heavy atom. The minimum Gasteiger partial charge on any atom is -0.379 e. The van der Waals surface area contributed by atoms with Crippen molar-refractivity contribution in [1.82, 2.24) is 4.98 Å². The van der Waals surface area contributed by atoms with Crippen molar-refractivity contribution < 1.29 is 9.47 Å². The van der Waals surface area contributed by atoms with E-state index in [1.807, 2.05) is 12.3 Å². The van der Waals surface area contributed by atoms with E-state index >= 15 is 0 Å². The molecular weight excluding hydrogens is 388 g/mol. The summed E-state index contributed by atoms with van der Waals surface area (Å²) in [4.78, 5) is 9.63. The van der Waals surface area contributed by atoms with Gasteiger partial charge >= 0.3 is 0 Å². The van der Waals surface area contributed by atoms with Crippen molar-refractivity contribution >= 4 is 22.9 Å². The number of aromatic nitrogens is 1. The van der Waals surface area contributed by atoms with Gasteiger partial charge in [0.1, 0.15) is 5.82 Å².